The second kappa shape index (κ2) is 18.9. The summed E-state index contributed by atoms with van der Waals surface area (Å²) in [6.07, 6.45) is 4.76. The fourth-order valence-electron chi connectivity index (χ4n) is 10.0. The number of carbonyl (C=O) groups excluding carboxylic acids is 4. The predicted octanol–water partition coefficient (Wildman–Crippen LogP) is 8.05. The topological polar surface area (TPSA) is 166 Å². The zero-order chi connectivity index (χ0) is 45.2. The number of anilines is 3. The highest BCUT2D eigenvalue weighted by molar-refractivity contribution is 6.34. The molecule has 4 aliphatic rings. The Labute approximate surface area is 375 Å². The van der Waals surface area contributed by atoms with Crippen molar-refractivity contribution in [3.8, 4) is 0 Å². The number of urea groups is 1. The van der Waals surface area contributed by atoms with Crippen LogP contribution in [0.5, 0.6) is 0 Å². The Balaban J connectivity index is 0.752. The number of nitrogens with one attached hydrogen (secondary N) is 3. The zero-order valence-electron chi connectivity index (χ0n) is 36.0. The van der Waals surface area contributed by atoms with Crippen LogP contribution in [0.25, 0.3) is 10.9 Å². The standard InChI is InChI=1S/C47H55ClF3N9O4/c1-29-55-39-5-3-33(24-37(39)43(56-29)54-27-31-22-35(47(49,50)51)26-36(52)23-31)32-9-17-58(18-10-32)28-42(62)53-16-8-30-6-12-46(13-7-30)14-20-59(21-15-46)44(63)34-2-4-38(48)40(25-34)60-19-11-41(61)57-45(60)64/h2-5,22-26,30,32H,6-21,27-28,52H2,1H3,(H,53,62)(H,54,55,56)(H,57,61,64). The minimum atomic E-state index is -4.50. The molecule has 3 aliphatic heterocycles. The van der Waals surface area contributed by atoms with Gasteiger partial charge in [0.05, 0.1) is 28.3 Å². The molecular formula is C47H55ClF3N9O4. The summed E-state index contributed by atoms with van der Waals surface area (Å²) in [4.78, 5) is 65.4. The highest BCUT2D eigenvalue weighted by Crippen LogP contribution is 2.47. The molecule has 4 aromatic rings. The number of halogens is 4. The molecule has 8 rings (SSSR count). The van der Waals surface area contributed by atoms with Gasteiger partial charge in [0.2, 0.25) is 11.8 Å². The van der Waals surface area contributed by atoms with Crippen molar-refractivity contribution in [2.45, 2.75) is 89.8 Å². The molecule has 13 nitrogen and oxygen atoms in total. The number of benzene rings is 3. The lowest BCUT2D eigenvalue weighted by molar-refractivity contribution is -0.137. The molecule has 0 unspecified atom stereocenters. The van der Waals surface area contributed by atoms with Crippen LogP contribution < -0.4 is 26.6 Å². The molecule has 340 valence electrons. The van der Waals surface area contributed by atoms with E-state index in [1.54, 1.807) is 25.1 Å². The largest absolute Gasteiger partial charge is 0.416 e. The van der Waals surface area contributed by atoms with Gasteiger partial charge in [-0.1, -0.05) is 17.7 Å². The number of amides is 5. The fourth-order valence-corrected chi connectivity index (χ4v) is 10.2. The summed E-state index contributed by atoms with van der Waals surface area (Å²) in [5.41, 5.74) is 8.46. The van der Waals surface area contributed by atoms with Crippen LogP contribution in [-0.4, -0.2) is 89.3 Å². The lowest BCUT2D eigenvalue weighted by Crippen LogP contribution is -2.49. The van der Waals surface area contributed by atoms with Crippen LogP contribution >= 0.6 is 11.6 Å². The number of alkyl halides is 3. The van der Waals surface area contributed by atoms with Gasteiger partial charge in [-0.2, -0.15) is 13.2 Å². The van der Waals surface area contributed by atoms with Crippen molar-refractivity contribution in [2.75, 3.05) is 61.8 Å². The van der Waals surface area contributed by atoms with Gasteiger partial charge in [-0.05, 0) is 155 Å². The first-order valence-corrected chi connectivity index (χ1v) is 22.7. The summed E-state index contributed by atoms with van der Waals surface area (Å²) >= 11 is 6.41. The van der Waals surface area contributed by atoms with Gasteiger partial charge in [0.15, 0.2) is 0 Å². The molecule has 5 amide bonds. The Kier molecular flexibility index (Phi) is 13.3. The van der Waals surface area contributed by atoms with Crippen LogP contribution in [0.1, 0.15) is 103 Å². The zero-order valence-corrected chi connectivity index (χ0v) is 36.8. The Morgan fingerprint density at radius 2 is 1.67 bits per heavy atom. The number of hydrogen-bond donors (Lipinski definition) is 4. The molecule has 1 spiro atoms. The minimum Gasteiger partial charge on any atom is -0.399 e. The Morgan fingerprint density at radius 1 is 0.922 bits per heavy atom. The van der Waals surface area contributed by atoms with Crippen molar-refractivity contribution >= 4 is 63.4 Å². The first-order valence-electron chi connectivity index (χ1n) is 22.3. The molecule has 4 fully saturated rings. The summed E-state index contributed by atoms with van der Waals surface area (Å²) in [5.74, 6) is 1.57. The summed E-state index contributed by atoms with van der Waals surface area (Å²) in [7, 11) is 0. The van der Waals surface area contributed by atoms with Gasteiger partial charge in [0.1, 0.15) is 11.6 Å². The number of hydrogen-bond acceptors (Lipinski definition) is 9. The van der Waals surface area contributed by atoms with E-state index in [1.165, 1.54) is 11.0 Å². The number of fused-ring (bicyclic) bond motifs is 1. The number of nitrogens with two attached hydrogens (primary N) is 1. The number of carbonyl (C=O) groups is 4. The minimum absolute atomic E-state index is 0.0429. The SMILES string of the molecule is Cc1nc(NCc2cc(N)cc(C(F)(F)F)c2)c2cc(C3CCN(CC(=O)NCCC4CCC5(CC4)CCN(C(=O)c4ccc(Cl)c(N6CCC(=O)NC6=O)c4)CC5)CC3)ccc2n1. The fraction of sp³-hybridized carbons (Fsp3) is 0.489. The quantitative estimate of drug-likeness (QED) is 0.109. The number of likely N-dealkylation sites (tertiary alicyclic amines) is 2. The van der Waals surface area contributed by atoms with E-state index in [9.17, 15) is 32.3 Å². The first-order chi connectivity index (χ1) is 30.6. The lowest BCUT2D eigenvalue weighted by Gasteiger charge is -2.46. The summed E-state index contributed by atoms with van der Waals surface area (Å²) < 4.78 is 40.2. The third-order valence-electron chi connectivity index (χ3n) is 13.7. The van der Waals surface area contributed by atoms with E-state index in [0.717, 1.165) is 99.5 Å². The predicted molar refractivity (Wildman–Crippen MR) is 240 cm³/mol. The summed E-state index contributed by atoms with van der Waals surface area (Å²) in [6, 6.07) is 14.1. The van der Waals surface area contributed by atoms with E-state index in [4.69, 9.17) is 17.3 Å². The van der Waals surface area contributed by atoms with Crippen LogP contribution in [0.3, 0.4) is 0 Å². The van der Waals surface area contributed by atoms with Crippen molar-refractivity contribution in [2.24, 2.45) is 11.3 Å². The van der Waals surface area contributed by atoms with Crippen LogP contribution in [0.4, 0.5) is 35.2 Å². The van der Waals surface area contributed by atoms with Crippen molar-refractivity contribution in [1.82, 2.24) is 30.4 Å². The van der Waals surface area contributed by atoms with E-state index < -0.39 is 17.8 Å². The van der Waals surface area contributed by atoms with Crippen LogP contribution in [0.2, 0.25) is 5.02 Å². The maximum absolute atomic E-state index is 13.6. The summed E-state index contributed by atoms with van der Waals surface area (Å²) in [6.45, 7) is 6.05. The molecule has 1 saturated carbocycles. The maximum atomic E-state index is 13.6. The number of rotatable bonds is 11. The molecule has 5 N–H and O–H groups in total. The lowest BCUT2D eigenvalue weighted by atomic mass is 9.65. The first kappa shape index (κ1) is 45.1. The van der Waals surface area contributed by atoms with Crippen LogP contribution in [0, 0.1) is 18.3 Å². The number of imide groups is 1. The Morgan fingerprint density at radius 3 is 2.39 bits per heavy atom. The van der Waals surface area contributed by atoms with E-state index >= 15 is 0 Å². The third-order valence-corrected chi connectivity index (χ3v) is 14.1. The highest BCUT2D eigenvalue weighted by atomic mass is 35.5. The molecule has 3 saturated heterocycles. The average Bonchev–Trinajstić information content (AvgIpc) is 3.26. The number of aryl methyl sites for hydroxylation is 1. The molecule has 1 aliphatic carbocycles. The van der Waals surface area contributed by atoms with Crippen molar-refractivity contribution in [3.05, 3.63) is 87.7 Å². The summed E-state index contributed by atoms with van der Waals surface area (Å²) in [5, 5.41) is 9.84. The number of nitrogens with zero attached hydrogens (tertiary/aromatic N) is 5. The van der Waals surface area contributed by atoms with E-state index in [1.807, 2.05) is 11.0 Å². The molecule has 1 aromatic heterocycles. The molecule has 3 aromatic carbocycles. The number of aromatic nitrogens is 2. The van der Waals surface area contributed by atoms with Crippen LogP contribution in [0.15, 0.2) is 54.6 Å². The third kappa shape index (κ3) is 10.5. The molecule has 17 heteroatoms. The van der Waals surface area contributed by atoms with Crippen LogP contribution in [-0.2, 0) is 22.3 Å². The van der Waals surface area contributed by atoms with Gasteiger partial charge < -0.3 is 21.3 Å². The monoisotopic (exact) mass is 901 g/mol. The van der Waals surface area contributed by atoms with Crippen molar-refractivity contribution in [1.29, 1.82) is 0 Å². The molecule has 0 bridgehead atoms. The number of piperidine rings is 2. The second-order valence-electron chi connectivity index (χ2n) is 18.1. The molecule has 4 heterocycles. The van der Waals surface area contributed by atoms with Gasteiger partial charge >= 0.3 is 12.2 Å². The Hall–Kier alpha value is -5.48. The highest BCUT2D eigenvalue weighted by Gasteiger charge is 2.39. The normalized spacial score (nSPS) is 19.0. The Bertz CT molecular complexity index is 2410. The van der Waals surface area contributed by atoms with E-state index in [2.05, 4.69) is 43.0 Å². The van der Waals surface area contributed by atoms with Gasteiger partial charge in [0, 0.05) is 55.8 Å². The van der Waals surface area contributed by atoms with E-state index in [0.29, 0.717) is 65.6 Å². The molecular weight excluding hydrogens is 847 g/mol. The average molecular weight is 902 g/mol. The second-order valence-corrected chi connectivity index (χ2v) is 18.5. The smallest absolute Gasteiger partial charge is 0.399 e. The van der Waals surface area contributed by atoms with Gasteiger partial charge in [-0.25, -0.2) is 14.8 Å². The van der Waals surface area contributed by atoms with Crippen molar-refractivity contribution < 1.29 is 32.3 Å². The number of nitrogen functional groups attached to an aromatic ring is 1. The van der Waals surface area contributed by atoms with Crippen molar-refractivity contribution in [3.63, 3.8) is 0 Å². The molecule has 0 atom stereocenters. The molecule has 64 heavy (non-hydrogen) atoms. The van der Waals surface area contributed by atoms with Gasteiger partial charge in [0.25, 0.3) is 5.91 Å². The van der Waals surface area contributed by atoms with Gasteiger partial charge in [-0.15, -0.1) is 0 Å². The van der Waals surface area contributed by atoms with E-state index in [-0.39, 0.29) is 54.3 Å². The maximum Gasteiger partial charge on any atom is 0.416 e. The molecule has 0 radical (unpaired) electrons. The van der Waals surface area contributed by atoms with Gasteiger partial charge in [-0.3, -0.25) is 29.5 Å².